The van der Waals surface area contributed by atoms with Gasteiger partial charge in [-0.1, -0.05) is 45.2 Å². The normalized spacial score (nSPS) is 11.2. The highest BCUT2D eigenvalue weighted by Gasteiger charge is 2.24. The minimum absolute atomic E-state index is 0.121. The van der Waals surface area contributed by atoms with Crippen molar-refractivity contribution in [3.63, 3.8) is 0 Å². The molecule has 7 heteroatoms. The predicted octanol–water partition coefficient (Wildman–Crippen LogP) is 5.14. The summed E-state index contributed by atoms with van der Waals surface area (Å²) in [6.45, 7) is 3.74. The Hall–Kier alpha value is -1.01. The second kappa shape index (κ2) is 7.04. The number of sulfonamides is 1. The van der Waals surface area contributed by atoms with Gasteiger partial charge in [0.05, 0.1) is 27.2 Å². The molecule has 2 aromatic carbocycles. The molecule has 0 aliphatic rings. The maximum Gasteiger partial charge on any atom is 0.264 e. The standard InChI is InChI=1S/C15H12BrCl2NO2S/c1-2-9-19(12-5-8-14(17)15(18)10-12)22(20,21)13-6-3-11(16)4-7-13/h2-8,10H,1,9H2. The highest BCUT2D eigenvalue weighted by atomic mass is 79.9. The van der Waals surface area contributed by atoms with Crippen LogP contribution in [0.2, 0.25) is 10.0 Å². The summed E-state index contributed by atoms with van der Waals surface area (Å²) in [5, 5.41) is 0.657. The molecule has 0 N–H and O–H groups in total. The van der Waals surface area contributed by atoms with Crippen LogP contribution >= 0.6 is 39.1 Å². The van der Waals surface area contributed by atoms with E-state index in [9.17, 15) is 8.42 Å². The SMILES string of the molecule is C=CCN(c1ccc(Cl)c(Cl)c1)S(=O)(=O)c1ccc(Br)cc1. The lowest BCUT2D eigenvalue weighted by Gasteiger charge is -2.23. The van der Waals surface area contributed by atoms with E-state index < -0.39 is 10.0 Å². The number of hydrogen-bond acceptors (Lipinski definition) is 2. The molecule has 0 aromatic heterocycles. The van der Waals surface area contributed by atoms with Crippen molar-refractivity contribution in [2.45, 2.75) is 4.90 Å². The van der Waals surface area contributed by atoms with Gasteiger partial charge in [0, 0.05) is 4.47 Å². The molecular formula is C15H12BrCl2NO2S. The molecule has 0 heterocycles. The summed E-state index contributed by atoms with van der Waals surface area (Å²) in [5.74, 6) is 0. The average molecular weight is 421 g/mol. The van der Waals surface area contributed by atoms with Crippen LogP contribution in [-0.2, 0) is 10.0 Å². The van der Waals surface area contributed by atoms with Crippen LogP contribution in [0.4, 0.5) is 5.69 Å². The lowest BCUT2D eigenvalue weighted by Crippen LogP contribution is -2.31. The Morgan fingerprint density at radius 3 is 2.27 bits per heavy atom. The lowest BCUT2D eigenvalue weighted by molar-refractivity contribution is 0.593. The van der Waals surface area contributed by atoms with Gasteiger partial charge < -0.3 is 0 Å². The van der Waals surface area contributed by atoms with Gasteiger partial charge in [-0.25, -0.2) is 8.42 Å². The molecule has 0 saturated heterocycles. The second-order valence-corrected chi connectivity index (χ2v) is 7.97. The third kappa shape index (κ3) is 3.66. The van der Waals surface area contributed by atoms with Crippen LogP contribution in [0.1, 0.15) is 0 Å². The summed E-state index contributed by atoms with van der Waals surface area (Å²) < 4.78 is 27.7. The number of anilines is 1. The smallest absolute Gasteiger partial charge is 0.262 e. The largest absolute Gasteiger partial charge is 0.264 e. The molecule has 0 bridgehead atoms. The third-order valence-corrected chi connectivity index (χ3v) is 5.96. The first-order valence-electron chi connectivity index (χ1n) is 6.20. The van der Waals surface area contributed by atoms with Crippen molar-refractivity contribution in [3.8, 4) is 0 Å². The van der Waals surface area contributed by atoms with Gasteiger partial charge in [-0.05, 0) is 42.5 Å². The fourth-order valence-corrected chi connectivity index (χ4v) is 3.82. The second-order valence-electron chi connectivity index (χ2n) is 4.38. The molecule has 116 valence electrons. The Kier molecular flexibility index (Phi) is 5.55. The van der Waals surface area contributed by atoms with E-state index in [-0.39, 0.29) is 11.4 Å². The van der Waals surface area contributed by atoms with Crippen LogP contribution in [0.15, 0.2) is 64.5 Å². The topological polar surface area (TPSA) is 37.4 Å². The average Bonchev–Trinajstić information content (AvgIpc) is 2.48. The summed E-state index contributed by atoms with van der Waals surface area (Å²) in [5.41, 5.74) is 0.428. The number of hydrogen-bond donors (Lipinski definition) is 0. The van der Waals surface area contributed by atoms with Gasteiger partial charge in [0.25, 0.3) is 10.0 Å². The molecule has 0 radical (unpaired) electrons. The van der Waals surface area contributed by atoms with Crippen LogP contribution in [-0.4, -0.2) is 15.0 Å². The minimum Gasteiger partial charge on any atom is -0.262 e. The van der Waals surface area contributed by atoms with E-state index in [0.29, 0.717) is 15.7 Å². The zero-order valence-corrected chi connectivity index (χ0v) is 15.3. The Labute approximate surface area is 148 Å². The Morgan fingerprint density at radius 2 is 1.73 bits per heavy atom. The van der Waals surface area contributed by atoms with E-state index in [0.717, 1.165) is 4.47 Å². The molecule has 0 fully saturated rings. The van der Waals surface area contributed by atoms with Crippen molar-refractivity contribution in [2.75, 3.05) is 10.8 Å². The van der Waals surface area contributed by atoms with Crippen molar-refractivity contribution >= 4 is 54.8 Å². The van der Waals surface area contributed by atoms with Crippen LogP contribution in [0, 0.1) is 0 Å². The van der Waals surface area contributed by atoms with E-state index in [1.165, 1.54) is 28.6 Å². The summed E-state index contributed by atoms with van der Waals surface area (Å²) in [6, 6.07) is 11.1. The van der Waals surface area contributed by atoms with E-state index in [2.05, 4.69) is 22.5 Å². The van der Waals surface area contributed by atoms with Gasteiger partial charge in [0.15, 0.2) is 0 Å². The van der Waals surface area contributed by atoms with Crippen LogP contribution in [0.25, 0.3) is 0 Å². The van der Waals surface area contributed by atoms with Crippen LogP contribution in [0.3, 0.4) is 0 Å². The van der Waals surface area contributed by atoms with E-state index in [1.807, 2.05) is 0 Å². The molecule has 0 saturated carbocycles. The number of rotatable bonds is 5. The van der Waals surface area contributed by atoms with Gasteiger partial charge in [-0.2, -0.15) is 0 Å². The molecule has 2 rings (SSSR count). The maximum atomic E-state index is 12.8. The fraction of sp³-hybridized carbons (Fsp3) is 0.0667. The summed E-state index contributed by atoms with van der Waals surface area (Å²) in [6.07, 6.45) is 1.51. The quantitative estimate of drug-likeness (QED) is 0.628. The van der Waals surface area contributed by atoms with E-state index >= 15 is 0 Å². The van der Waals surface area contributed by atoms with Gasteiger partial charge in [0.2, 0.25) is 0 Å². The van der Waals surface area contributed by atoms with E-state index in [4.69, 9.17) is 23.2 Å². The molecule has 22 heavy (non-hydrogen) atoms. The molecule has 2 aromatic rings. The Bertz CT molecular complexity index is 792. The number of benzene rings is 2. The monoisotopic (exact) mass is 419 g/mol. The molecule has 0 spiro atoms. The minimum atomic E-state index is -3.72. The summed E-state index contributed by atoms with van der Waals surface area (Å²) >= 11 is 15.2. The van der Waals surface area contributed by atoms with Crippen LogP contribution < -0.4 is 4.31 Å². The first-order valence-corrected chi connectivity index (χ1v) is 9.19. The van der Waals surface area contributed by atoms with Crippen molar-refractivity contribution in [1.29, 1.82) is 0 Å². The van der Waals surface area contributed by atoms with Gasteiger partial charge in [-0.3, -0.25) is 4.31 Å². The third-order valence-electron chi connectivity index (χ3n) is 2.89. The maximum absolute atomic E-state index is 12.8. The van der Waals surface area contributed by atoms with Crippen LogP contribution in [0.5, 0.6) is 0 Å². The number of halogens is 3. The molecule has 0 aliphatic heterocycles. The molecule has 0 amide bonds. The van der Waals surface area contributed by atoms with Gasteiger partial charge in [0.1, 0.15) is 0 Å². The predicted molar refractivity (Wildman–Crippen MR) is 95.3 cm³/mol. The van der Waals surface area contributed by atoms with Gasteiger partial charge in [-0.15, -0.1) is 6.58 Å². The molecule has 0 atom stereocenters. The van der Waals surface area contributed by atoms with Crippen molar-refractivity contribution in [3.05, 3.63) is 69.6 Å². The molecule has 3 nitrogen and oxygen atoms in total. The zero-order valence-electron chi connectivity index (χ0n) is 11.3. The fourth-order valence-electron chi connectivity index (χ4n) is 1.83. The number of nitrogens with zero attached hydrogens (tertiary/aromatic N) is 1. The molecule has 0 aliphatic carbocycles. The molecule has 0 unspecified atom stereocenters. The van der Waals surface area contributed by atoms with Crippen molar-refractivity contribution in [1.82, 2.24) is 0 Å². The zero-order chi connectivity index (χ0) is 16.3. The molecular weight excluding hydrogens is 409 g/mol. The highest BCUT2D eigenvalue weighted by Crippen LogP contribution is 2.30. The Balaban J connectivity index is 2.52. The Morgan fingerprint density at radius 1 is 1.09 bits per heavy atom. The van der Waals surface area contributed by atoms with E-state index in [1.54, 1.807) is 24.3 Å². The first-order chi connectivity index (χ1) is 10.4. The summed E-state index contributed by atoms with van der Waals surface area (Å²) in [7, 11) is -3.72. The lowest BCUT2D eigenvalue weighted by atomic mass is 10.3. The highest BCUT2D eigenvalue weighted by molar-refractivity contribution is 9.10. The van der Waals surface area contributed by atoms with Crippen molar-refractivity contribution in [2.24, 2.45) is 0 Å². The van der Waals surface area contributed by atoms with Gasteiger partial charge >= 0.3 is 0 Å². The van der Waals surface area contributed by atoms with Crippen molar-refractivity contribution < 1.29 is 8.42 Å². The first kappa shape index (κ1) is 17.3. The summed E-state index contributed by atoms with van der Waals surface area (Å²) in [4.78, 5) is 0.184.